The molecule has 1 aromatic heterocycles. The van der Waals surface area contributed by atoms with Crippen molar-refractivity contribution in [1.82, 2.24) is 25.6 Å². The third-order valence-corrected chi connectivity index (χ3v) is 6.33. The van der Waals surface area contributed by atoms with Crippen molar-refractivity contribution in [2.75, 3.05) is 26.2 Å². The van der Waals surface area contributed by atoms with Crippen LogP contribution in [0.4, 0.5) is 4.39 Å². The lowest BCUT2D eigenvalue weighted by atomic mass is 10.1. The Balaban J connectivity index is 1.22. The number of aliphatic hydroxyl groups is 1. The number of aromatic amines is 1. The van der Waals surface area contributed by atoms with Gasteiger partial charge in [0.2, 0.25) is 0 Å². The molecular weight excluding hydrogens is 484 g/mol. The first-order chi connectivity index (χ1) is 16.4. The molecule has 0 aliphatic carbocycles. The Morgan fingerprint density at radius 1 is 1.21 bits per heavy atom. The number of halogens is 3. The van der Waals surface area contributed by atoms with Gasteiger partial charge in [0.05, 0.1) is 21.8 Å². The average Bonchev–Trinajstić information content (AvgIpc) is 3.32. The van der Waals surface area contributed by atoms with Gasteiger partial charge in [-0.05, 0) is 49.2 Å². The number of benzene rings is 2. The van der Waals surface area contributed by atoms with Gasteiger partial charge in [-0.2, -0.15) is 0 Å². The molecule has 1 aliphatic rings. The molecule has 0 unspecified atom stereocenters. The van der Waals surface area contributed by atoms with E-state index in [1.165, 1.54) is 24.3 Å². The van der Waals surface area contributed by atoms with E-state index in [0.29, 0.717) is 33.6 Å². The fourth-order valence-corrected chi connectivity index (χ4v) is 4.10. The smallest absolute Gasteiger partial charge is 0.274 e. The Morgan fingerprint density at radius 3 is 2.65 bits per heavy atom. The van der Waals surface area contributed by atoms with Crippen LogP contribution in [0.15, 0.2) is 42.5 Å². The first-order valence-electron chi connectivity index (χ1n) is 10.9. The van der Waals surface area contributed by atoms with Crippen molar-refractivity contribution < 1.29 is 19.0 Å². The number of amides is 1. The van der Waals surface area contributed by atoms with Gasteiger partial charge >= 0.3 is 0 Å². The highest BCUT2D eigenvalue weighted by molar-refractivity contribution is 6.42. The van der Waals surface area contributed by atoms with Gasteiger partial charge in [-0.15, -0.1) is 5.10 Å². The second-order valence-corrected chi connectivity index (χ2v) is 8.91. The minimum absolute atomic E-state index is 0.0578. The first kappa shape index (κ1) is 24.4. The number of aliphatic hydroxyl groups excluding tert-OH is 1. The summed E-state index contributed by atoms with van der Waals surface area (Å²) < 4.78 is 19.2. The highest BCUT2D eigenvalue weighted by Gasteiger charge is 2.23. The van der Waals surface area contributed by atoms with Gasteiger partial charge in [0.25, 0.3) is 5.91 Å². The molecule has 1 fully saturated rings. The van der Waals surface area contributed by atoms with E-state index in [4.69, 9.17) is 27.9 Å². The van der Waals surface area contributed by atoms with Crippen LogP contribution in [-0.2, 0) is 0 Å². The molecule has 0 bridgehead atoms. The van der Waals surface area contributed by atoms with Gasteiger partial charge in [0.15, 0.2) is 5.69 Å². The monoisotopic (exact) mass is 507 g/mol. The third-order valence-electron chi connectivity index (χ3n) is 5.59. The number of ether oxygens (including phenoxy) is 1. The van der Waals surface area contributed by atoms with Crippen molar-refractivity contribution >= 4 is 29.1 Å². The maximum atomic E-state index is 13.2. The molecule has 2 aromatic carbocycles. The molecule has 3 aromatic rings. The maximum absolute atomic E-state index is 13.2. The van der Waals surface area contributed by atoms with Crippen molar-refractivity contribution in [3.05, 3.63) is 64.0 Å². The summed E-state index contributed by atoms with van der Waals surface area (Å²) >= 11 is 12.0. The van der Waals surface area contributed by atoms with Gasteiger partial charge in [-0.3, -0.25) is 9.89 Å². The summed E-state index contributed by atoms with van der Waals surface area (Å²) in [5, 5.41) is 24.2. The van der Waals surface area contributed by atoms with Crippen LogP contribution in [0.1, 0.15) is 23.3 Å². The molecule has 0 radical (unpaired) electrons. The third kappa shape index (κ3) is 6.24. The molecule has 4 rings (SSSR count). The van der Waals surface area contributed by atoms with Crippen molar-refractivity contribution in [2.45, 2.75) is 25.0 Å². The number of nitrogens with one attached hydrogen (secondary N) is 2. The van der Waals surface area contributed by atoms with Gasteiger partial charge in [-0.1, -0.05) is 28.4 Å². The summed E-state index contributed by atoms with van der Waals surface area (Å²) in [5.74, 6) is -0.167. The number of hydrogen-bond donors (Lipinski definition) is 3. The van der Waals surface area contributed by atoms with Crippen LogP contribution in [0.5, 0.6) is 5.75 Å². The zero-order valence-electron chi connectivity index (χ0n) is 18.2. The van der Waals surface area contributed by atoms with Crippen LogP contribution in [0.3, 0.4) is 0 Å². The molecule has 8 nitrogen and oxygen atoms in total. The highest BCUT2D eigenvalue weighted by Crippen LogP contribution is 2.28. The second kappa shape index (κ2) is 11.1. The molecule has 0 saturated carbocycles. The minimum Gasteiger partial charge on any atom is -0.490 e. The molecule has 1 aliphatic heterocycles. The lowest BCUT2D eigenvalue weighted by Crippen LogP contribution is -2.45. The van der Waals surface area contributed by atoms with Gasteiger partial charge in [-0.25, -0.2) is 4.39 Å². The van der Waals surface area contributed by atoms with Crippen molar-refractivity contribution in [3.8, 4) is 17.0 Å². The molecule has 2 heterocycles. The number of hydrogen-bond acceptors (Lipinski definition) is 6. The number of aromatic nitrogens is 3. The number of carbonyl (C=O) groups excluding carboxylic acids is 1. The summed E-state index contributed by atoms with van der Waals surface area (Å²) in [5.41, 5.74) is 1.05. The van der Waals surface area contributed by atoms with Crippen LogP contribution >= 0.6 is 23.2 Å². The van der Waals surface area contributed by atoms with E-state index in [-0.39, 0.29) is 24.2 Å². The SMILES string of the molecule is O=C(NC[C@@H](O)CN1CCC(Oc2ccc(Cl)c(Cl)c2)CC1)c1nn[nH]c1-c1ccc(F)cc1. The highest BCUT2D eigenvalue weighted by atomic mass is 35.5. The van der Waals surface area contributed by atoms with Crippen molar-refractivity contribution in [3.63, 3.8) is 0 Å². The quantitative estimate of drug-likeness (QED) is 0.430. The van der Waals surface area contributed by atoms with Crippen molar-refractivity contribution in [2.24, 2.45) is 0 Å². The Morgan fingerprint density at radius 2 is 1.94 bits per heavy atom. The molecule has 3 N–H and O–H groups in total. The standard InChI is InChI=1S/C23H24Cl2FN5O3/c24-19-6-5-18(11-20(19)25)34-17-7-9-31(10-8-17)13-16(32)12-27-23(33)22-21(28-30-29-22)14-1-3-15(26)4-2-14/h1-6,11,16-17,32H,7-10,12-13H2,(H,27,33)(H,28,29,30)/t16-/m1/s1. The summed E-state index contributed by atoms with van der Waals surface area (Å²) in [6.07, 6.45) is 0.915. The molecule has 1 saturated heterocycles. The van der Waals surface area contributed by atoms with Gasteiger partial charge < -0.3 is 20.1 Å². The van der Waals surface area contributed by atoms with Crippen LogP contribution in [0.2, 0.25) is 10.0 Å². The average molecular weight is 508 g/mol. The Hall–Kier alpha value is -2.72. The lowest BCUT2D eigenvalue weighted by Gasteiger charge is -2.33. The maximum Gasteiger partial charge on any atom is 0.274 e. The number of piperidine rings is 1. The van der Waals surface area contributed by atoms with E-state index in [1.807, 2.05) is 0 Å². The van der Waals surface area contributed by atoms with Crippen LogP contribution in [0, 0.1) is 5.82 Å². The van der Waals surface area contributed by atoms with Gasteiger partial charge in [0, 0.05) is 37.8 Å². The summed E-state index contributed by atoms with van der Waals surface area (Å²) in [6, 6.07) is 10.9. The topological polar surface area (TPSA) is 103 Å². The van der Waals surface area contributed by atoms with Crippen LogP contribution < -0.4 is 10.1 Å². The fraction of sp³-hybridized carbons (Fsp3) is 0.348. The zero-order valence-corrected chi connectivity index (χ0v) is 19.7. The van der Waals surface area contributed by atoms with Crippen LogP contribution in [-0.4, -0.2) is 69.7 Å². The second-order valence-electron chi connectivity index (χ2n) is 8.10. The summed E-state index contributed by atoms with van der Waals surface area (Å²) in [4.78, 5) is 14.7. The number of nitrogens with zero attached hydrogens (tertiary/aromatic N) is 3. The number of β-amino-alcohol motifs (C(OH)–C–C–N with tert-alkyl or cyclic N) is 1. The normalized spacial score (nSPS) is 15.8. The zero-order chi connectivity index (χ0) is 24.1. The fourth-order valence-electron chi connectivity index (χ4n) is 3.81. The molecule has 0 spiro atoms. The summed E-state index contributed by atoms with van der Waals surface area (Å²) in [7, 11) is 0. The molecule has 34 heavy (non-hydrogen) atoms. The largest absolute Gasteiger partial charge is 0.490 e. The number of likely N-dealkylation sites (tertiary alicyclic amines) is 1. The molecule has 11 heteroatoms. The van der Waals surface area contributed by atoms with E-state index >= 15 is 0 Å². The molecule has 1 atom stereocenters. The van der Waals surface area contributed by atoms with E-state index in [2.05, 4.69) is 25.6 Å². The number of carbonyl (C=O) groups is 1. The Bertz CT molecular complexity index is 1120. The van der Waals surface area contributed by atoms with E-state index < -0.39 is 12.0 Å². The van der Waals surface area contributed by atoms with E-state index in [1.54, 1.807) is 18.2 Å². The van der Waals surface area contributed by atoms with E-state index in [9.17, 15) is 14.3 Å². The molecule has 1 amide bonds. The predicted octanol–water partition coefficient (Wildman–Crippen LogP) is 3.55. The van der Waals surface area contributed by atoms with Gasteiger partial charge in [0.1, 0.15) is 17.7 Å². The predicted molar refractivity (Wildman–Crippen MR) is 127 cm³/mol. The number of H-pyrrole nitrogens is 1. The van der Waals surface area contributed by atoms with Crippen LogP contribution in [0.25, 0.3) is 11.3 Å². The minimum atomic E-state index is -0.752. The Kier molecular flexibility index (Phi) is 7.99. The molecule has 180 valence electrons. The lowest BCUT2D eigenvalue weighted by molar-refractivity contribution is 0.0593. The summed E-state index contributed by atoms with van der Waals surface area (Å²) in [6.45, 7) is 2.00. The Labute approximate surface area is 206 Å². The van der Waals surface area contributed by atoms with Crippen molar-refractivity contribution in [1.29, 1.82) is 0 Å². The molecular formula is C23H24Cl2FN5O3. The number of rotatable bonds is 8. The first-order valence-corrected chi connectivity index (χ1v) is 11.6. The van der Waals surface area contributed by atoms with E-state index in [0.717, 1.165) is 25.9 Å².